The molecule has 1 saturated heterocycles. The molecule has 0 saturated carbocycles. The second kappa shape index (κ2) is 6.40. The summed E-state index contributed by atoms with van der Waals surface area (Å²) in [6, 6.07) is 8.38. The lowest BCUT2D eigenvalue weighted by Crippen LogP contribution is -2.27. The number of hydrogen-bond acceptors (Lipinski definition) is 4. The molecule has 4 rings (SSSR count). The van der Waals surface area contributed by atoms with E-state index in [0.29, 0.717) is 29.2 Å². The molecule has 2 aromatic rings. The average Bonchev–Trinajstić information content (AvgIpc) is 3.17. The number of aromatic nitrogens is 2. The van der Waals surface area contributed by atoms with Crippen LogP contribution in [0, 0.1) is 0 Å². The summed E-state index contributed by atoms with van der Waals surface area (Å²) in [6.07, 6.45) is 5.91. The first-order valence-electron chi connectivity index (χ1n) is 8.34. The van der Waals surface area contributed by atoms with Crippen molar-refractivity contribution in [2.75, 3.05) is 24.5 Å². The smallest absolute Gasteiger partial charge is 0.229 e. The Bertz CT molecular complexity index is 749. The van der Waals surface area contributed by atoms with Gasteiger partial charge in [0.15, 0.2) is 0 Å². The number of rotatable bonds is 4. The number of anilines is 2. The number of fused-ring (bicyclic) bond motifs is 1. The zero-order chi connectivity index (χ0) is 16.5. The van der Waals surface area contributed by atoms with E-state index in [-0.39, 0.29) is 0 Å². The summed E-state index contributed by atoms with van der Waals surface area (Å²) in [4.78, 5) is 24.7. The van der Waals surface area contributed by atoms with E-state index in [1.807, 2.05) is 11.0 Å². The van der Waals surface area contributed by atoms with Crippen LogP contribution in [0.4, 0.5) is 11.6 Å². The van der Waals surface area contributed by atoms with Gasteiger partial charge in [-0.15, -0.1) is 0 Å². The number of carbonyl (C=O) groups is 1. The number of nitrogens with zero attached hydrogens (tertiary/aromatic N) is 4. The van der Waals surface area contributed by atoms with Crippen LogP contribution >= 0.6 is 11.6 Å². The highest BCUT2D eigenvalue weighted by molar-refractivity contribution is 6.30. The van der Waals surface area contributed by atoms with E-state index in [2.05, 4.69) is 33.1 Å². The quantitative estimate of drug-likeness (QED) is 0.854. The summed E-state index contributed by atoms with van der Waals surface area (Å²) >= 11 is 5.90. The fraction of sp³-hybridized carbons (Fsp3) is 0.389. The molecule has 5 nitrogen and oxygen atoms in total. The molecular formula is C18H19ClN4O. The fourth-order valence-corrected chi connectivity index (χ4v) is 3.73. The second-order valence-corrected chi connectivity index (χ2v) is 6.78. The van der Waals surface area contributed by atoms with E-state index in [9.17, 15) is 4.79 Å². The molecule has 0 aliphatic carbocycles. The normalized spacial score (nSPS) is 19.9. The van der Waals surface area contributed by atoms with Crippen LogP contribution in [-0.4, -0.2) is 40.4 Å². The summed E-state index contributed by atoms with van der Waals surface area (Å²) < 4.78 is 0. The van der Waals surface area contributed by atoms with Crippen LogP contribution < -0.4 is 4.90 Å². The van der Waals surface area contributed by atoms with Crippen molar-refractivity contribution in [2.24, 2.45) is 0 Å². The van der Waals surface area contributed by atoms with E-state index in [0.717, 1.165) is 38.2 Å². The Morgan fingerprint density at radius 1 is 1.21 bits per heavy atom. The number of halogens is 1. The van der Waals surface area contributed by atoms with Crippen molar-refractivity contribution < 1.29 is 4.79 Å². The molecule has 24 heavy (non-hydrogen) atoms. The predicted octanol–water partition coefficient (Wildman–Crippen LogP) is 3.38. The van der Waals surface area contributed by atoms with Gasteiger partial charge >= 0.3 is 0 Å². The minimum absolute atomic E-state index is 0.291. The van der Waals surface area contributed by atoms with Crippen LogP contribution in [0.15, 0.2) is 36.7 Å². The van der Waals surface area contributed by atoms with Crippen molar-refractivity contribution in [1.82, 2.24) is 14.9 Å². The van der Waals surface area contributed by atoms with Crippen LogP contribution in [0.25, 0.3) is 0 Å². The van der Waals surface area contributed by atoms with Crippen molar-refractivity contribution in [3.05, 3.63) is 47.2 Å². The van der Waals surface area contributed by atoms with E-state index < -0.39 is 0 Å². The van der Waals surface area contributed by atoms with Gasteiger partial charge in [-0.25, -0.2) is 9.97 Å². The lowest BCUT2D eigenvalue weighted by molar-refractivity contribution is -0.127. The maximum Gasteiger partial charge on any atom is 0.229 e. The van der Waals surface area contributed by atoms with Gasteiger partial charge in [0.1, 0.15) is 0 Å². The first-order chi connectivity index (χ1) is 11.7. The van der Waals surface area contributed by atoms with Crippen LogP contribution in [-0.2, 0) is 4.79 Å². The highest BCUT2D eigenvalue weighted by Gasteiger charge is 2.31. The largest absolute Gasteiger partial charge is 0.343 e. The highest BCUT2D eigenvalue weighted by atomic mass is 35.5. The van der Waals surface area contributed by atoms with Crippen molar-refractivity contribution in [3.63, 3.8) is 0 Å². The molecule has 6 heteroatoms. The third kappa shape index (κ3) is 2.84. The zero-order valence-corrected chi connectivity index (χ0v) is 14.1. The van der Waals surface area contributed by atoms with Gasteiger partial charge in [-0.3, -0.25) is 4.79 Å². The van der Waals surface area contributed by atoms with Crippen molar-refractivity contribution in [1.29, 1.82) is 0 Å². The van der Waals surface area contributed by atoms with Crippen molar-refractivity contribution >= 4 is 29.1 Å². The van der Waals surface area contributed by atoms with E-state index >= 15 is 0 Å². The third-order valence-electron chi connectivity index (χ3n) is 4.84. The molecule has 1 unspecified atom stereocenters. The average molecular weight is 343 g/mol. The third-order valence-corrected chi connectivity index (χ3v) is 5.03. The van der Waals surface area contributed by atoms with E-state index in [4.69, 9.17) is 11.6 Å². The van der Waals surface area contributed by atoms with E-state index in [1.165, 1.54) is 5.56 Å². The zero-order valence-electron chi connectivity index (χ0n) is 13.4. The number of para-hydroxylation sites is 1. The SMILES string of the molecule is O=C1CCCN1CCC1CN(c2ncc(Cl)cn2)c2ccccc21. The van der Waals surface area contributed by atoms with Crippen molar-refractivity contribution in [2.45, 2.75) is 25.2 Å². The highest BCUT2D eigenvalue weighted by Crippen LogP contribution is 2.41. The summed E-state index contributed by atoms with van der Waals surface area (Å²) in [5.41, 5.74) is 2.46. The maximum absolute atomic E-state index is 11.8. The van der Waals surface area contributed by atoms with E-state index in [1.54, 1.807) is 12.4 Å². The molecule has 0 N–H and O–H groups in total. The fourth-order valence-electron chi connectivity index (χ4n) is 3.63. The summed E-state index contributed by atoms with van der Waals surface area (Å²) in [7, 11) is 0. The van der Waals surface area contributed by atoms with Gasteiger partial charge in [-0.2, -0.15) is 0 Å². The number of amides is 1. The summed E-state index contributed by atoms with van der Waals surface area (Å²) in [5.74, 6) is 1.35. The number of hydrogen-bond donors (Lipinski definition) is 0. The molecule has 1 amide bonds. The predicted molar refractivity (Wildman–Crippen MR) is 93.7 cm³/mol. The molecule has 1 aromatic carbocycles. The van der Waals surface area contributed by atoms with Gasteiger partial charge in [0.25, 0.3) is 0 Å². The van der Waals surface area contributed by atoms with Gasteiger partial charge in [0, 0.05) is 37.7 Å². The van der Waals surface area contributed by atoms with Gasteiger partial charge in [0.2, 0.25) is 11.9 Å². The standard InChI is InChI=1S/C18H19ClN4O/c19-14-10-20-18(21-11-14)23-12-13(15-4-1-2-5-16(15)23)7-9-22-8-3-6-17(22)24/h1-2,4-5,10-11,13H,3,6-9,12H2. The van der Waals surface area contributed by atoms with Gasteiger partial charge in [-0.1, -0.05) is 29.8 Å². The second-order valence-electron chi connectivity index (χ2n) is 6.34. The molecule has 0 bridgehead atoms. The molecule has 3 heterocycles. The molecule has 2 aliphatic heterocycles. The Balaban J connectivity index is 1.54. The van der Waals surface area contributed by atoms with Crippen LogP contribution in [0.3, 0.4) is 0 Å². The van der Waals surface area contributed by atoms with Crippen LogP contribution in [0.5, 0.6) is 0 Å². The monoisotopic (exact) mass is 342 g/mol. The Morgan fingerprint density at radius 2 is 2.00 bits per heavy atom. The minimum atomic E-state index is 0.291. The molecule has 0 spiro atoms. The molecule has 1 aromatic heterocycles. The van der Waals surface area contributed by atoms with Crippen LogP contribution in [0.1, 0.15) is 30.7 Å². The minimum Gasteiger partial charge on any atom is -0.343 e. The number of likely N-dealkylation sites (tertiary alicyclic amines) is 1. The lowest BCUT2D eigenvalue weighted by atomic mass is 9.98. The number of benzene rings is 1. The Morgan fingerprint density at radius 3 is 2.75 bits per heavy atom. The van der Waals surface area contributed by atoms with Gasteiger partial charge in [0.05, 0.1) is 17.4 Å². The topological polar surface area (TPSA) is 49.3 Å². The van der Waals surface area contributed by atoms with Crippen LogP contribution in [0.2, 0.25) is 5.02 Å². The molecule has 2 aliphatic rings. The molecule has 1 fully saturated rings. The first kappa shape index (κ1) is 15.4. The Labute approximate surface area is 146 Å². The van der Waals surface area contributed by atoms with Gasteiger partial charge in [-0.05, 0) is 24.5 Å². The van der Waals surface area contributed by atoms with Crippen molar-refractivity contribution in [3.8, 4) is 0 Å². The molecule has 1 atom stereocenters. The Hall–Kier alpha value is -2.14. The molecule has 0 radical (unpaired) electrons. The summed E-state index contributed by atoms with van der Waals surface area (Å²) in [6.45, 7) is 2.56. The number of carbonyl (C=O) groups excluding carboxylic acids is 1. The lowest BCUT2D eigenvalue weighted by Gasteiger charge is -2.19. The first-order valence-corrected chi connectivity index (χ1v) is 8.72. The maximum atomic E-state index is 11.8. The molecular weight excluding hydrogens is 324 g/mol. The molecule has 124 valence electrons. The van der Waals surface area contributed by atoms with Gasteiger partial charge < -0.3 is 9.80 Å². The summed E-state index contributed by atoms with van der Waals surface area (Å²) in [5, 5.41) is 0.537. The Kier molecular flexibility index (Phi) is 4.10.